The first-order valence-electron chi connectivity index (χ1n) is 8.25. The van der Waals surface area contributed by atoms with Gasteiger partial charge >= 0.3 is 5.97 Å². The summed E-state index contributed by atoms with van der Waals surface area (Å²) in [5.74, 6) is 0.441. The second kappa shape index (κ2) is 7.83. The van der Waals surface area contributed by atoms with Gasteiger partial charge in [-0.15, -0.1) is 0 Å². The second-order valence-electron chi connectivity index (χ2n) is 7.35. The summed E-state index contributed by atoms with van der Waals surface area (Å²) < 4.78 is 17.8. The Morgan fingerprint density at radius 2 is 2.00 bits per heavy atom. The highest BCUT2D eigenvalue weighted by Crippen LogP contribution is 2.40. The number of carbonyl (C=O) groups excluding carboxylic acids is 1. The van der Waals surface area contributed by atoms with E-state index in [4.69, 9.17) is 14.2 Å². The van der Waals surface area contributed by atoms with Crippen molar-refractivity contribution in [1.82, 2.24) is 4.98 Å². The van der Waals surface area contributed by atoms with Crippen molar-refractivity contribution in [2.45, 2.75) is 58.2 Å². The molecule has 0 radical (unpaired) electrons. The fraction of sp³-hybridized carbons (Fsp3) is 0.667. The maximum Gasteiger partial charge on any atom is 0.314 e. The third-order valence-corrected chi connectivity index (χ3v) is 4.60. The fourth-order valence-corrected chi connectivity index (χ4v) is 3.17. The van der Waals surface area contributed by atoms with Gasteiger partial charge in [0.05, 0.1) is 12.0 Å². The summed E-state index contributed by atoms with van der Waals surface area (Å²) in [5, 5.41) is 0. The molecule has 5 nitrogen and oxygen atoms in total. The molecule has 0 atom stereocenters. The number of methoxy groups -OCH3 is 1. The number of hydrogen-bond acceptors (Lipinski definition) is 5. The molecule has 0 spiro atoms. The van der Waals surface area contributed by atoms with Crippen molar-refractivity contribution >= 4 is 21.9 Å². The standard InChI is InChI=1S/C18H26BrNO4/c1-17(2,3)24-16(21)18(12-22-4)9-7-14(8-10-18)23-15-6-5-13(19)11-20-15/h5-6,11,14H,7-10,12H2,1-4H3. The Hall–Kier alpha value is -1.14. The van der Waals surface area contributed by atoms with Crippen molar-refractivity contribution in [3.8, 4) is 5.88 Å². The number of esters is 1. The van der Waals surface area contributed by atoms with E-state index in [-0.39, 0.29) is 12.1 Å². The van der Waals surface area contributed by atoms with E-state index in [1.54, 1.807) is 13.3 Å². The van der Waals surface area contributed by atoms with Crippen LogP contribution in [0.4, 0.5) is 0 Å². The number of aromatic nitrogens is 1. The summed E-state index contributed by atoms with van der Waals surface area (Å²) in [6.45, 7) is 6.04. The normalized spacial score (nSPS) is 24.5. The molecule has 1 heterocycles. The zero-order valence-corrected chi connectivity index (χ0v) is 16.4. The third kappa shape index (κ3) is 5.18. The zero-order chi connectivity index (χ0) is 17.8. The highest BCUT2D eigenvalue weighted by Gasteiger charge is 2.45. The Morgan fingerprint density at radius 3 is 2.50 bits per heavy atom. The van der Waals surface area contributed by atoms with Gasteiger partial charge in [0.2, 0.25) is 5.88 Å². The largest absolute Gasteiger partial charge is 0.474 e. The van der Waals surface area contributed by atoms with Gasteiger partial charge in [0, 0.05) is 23.8 Å². The number of halogens is 1. The molecule has 6 heteroatoms. The summed E-state index contributed by atoms with van der Waals surface area (Å²) >= 11 is 3.36. The summed E-state index contributed by atoms with van der Waals surface area (Å²) in [6, 6.07) is 3.75. The van der Waals surface area contributed by atoms with Crippen LogP contribution in [-0.4, -0.2) is 36.4 Å². The lowest BCUT2D eigenvalue weighted by atomic mass is 9.73. The van der Waals surface area contributed by atoms with Crippen LogP contribution in [0.3, 0.4) is 0 Å². The number of carbonyl (C=O) groups is 1. The van der Waals surface area contributed by atoms with E-state index < -0.39 is 11.0 Å². The predicted octanol–water partition coefficient (Wildman–Crippen LogP) is 4.14. The average Bonchev–Trinajstić information content (AvgIpc) is 2.50. The lowest BCUT2D eigenvalue weighted by Gasteiger charge is -2.39. The SMILES string of the molecule is COCC1(C(=O)OC(C)(C)C)CCC(Oc2ccc(Br)cn2)CC1. The van der Waals surface area contributed by atoms with E-state index in [9.17, 15) is 4.79 Å². The highest BCUT2D eigenvalue weighted by atomic mass is 79.9. The van der Waals surface area contributed by atoms with E-state index in [2.05, 4.69) is 20.9 Å². The molecule has 0 saturated heterocycles. The Morgan fingerprint density at radius 1 is 1.33 bits per heavy atom. The van der Waals surface area contributed by atoms with Crippen molar-refractivity contribution in [2.75, 3.05) is 13.7 Å². The Bertz CT molecular complexity index is 545. The predicted molar refractivity (Wildman–Crippen MR) is 95.0 cm³/mol. The van der Waals surface area contributed by atoms with Gasteiger partial charge in [-0.2, -0.15) is 0 Å². The van der Waals surface area contributed by atoms with Crippen LogP contribution < -0.4 is 4.74 Å². The molecule has 0 aromatic carbocycles. The smallest absolute Gasteiger partial charge is 0.314 e. The topological polar surface area (TPSA) is 57.7 Å². The monoisotopic (exact) mass is 399 g/mol. The maximum atomic E-state index is 12.7. The molecule has 1 aliphatic carbocycles. The van der Waals surface area contributed by atoms with Crippen molar-refractivity contribution in [3.05, 3.63) is 22.8 Å². The minimum Gasteiger partial charge on any atom is -0.474 e. The average molecular weight is 400 g/mol. The van der Waals surface area contributed by atoms with Crippen LogP contribution in [0.1, 0.15) is 46.5 Å². The van der Waals surface area contributed by atoms with Crippen LogP contribution in [0.5, 0.6) is 5.88 Å². The number of ether oxygens (including phenoxy) is 3. The van der Waals surface area contributed by atoms with Gasteiger partial charge in [-0.05, 0) is 68.5 Å². The van der Waals surface area contributed by atoms with E-state index >= 15 is 0 Å². The van der Waals surface area contributed by atoms with Crippen molar-refractivity contribution in [2.24, 2.45) is 5.41 Å². The zero-order valence-electron chi connectivity index (χ0n) is 14.8. The first-order chi connectivity index (χ1) is 11.2. The molecule has 1 aromatic rings. The molecule has 134 valence electrons. The van der Waals surface area contributed by atoms with Gasteiger partial charge in [0.1, 0.15) is 11.7 Å². The number of nitrogens with zero attached hydrogens (tertiary/aromatic N) is 1. The quantitative estimate of drug-likeness (QED) is 0.696. The molecular formula is C18H26BrNO4. The van der Waals surface area contributed by atoms with Crippen molar-refractivity contribution < 1.29 is 19.0 Å². The second-order valence-corrected chi connectivity index (χ2v) is 8.26. The maximum absolute atomic E-state index is 12.7. The van der Waals surface area contributed by atoms with E-state index in [1.165, 1.54) is 0 Å². The molecule has 1 aromatic heterocycles. The molecule has 1 fully saturated rings. The van der Waals surface area contributed by atoms with Gasteiger partial charge < -0.3 is 14.2 Å². The molecule has 0 aliphatic heterocycles. The van der Waals surface area contributed by atoms with Gasteiger partial charge in [0.15, 0.2) is 0 Å². The third-order valence-electron chi connectivity index (χ3n) is 4.13. The molecule has 1 saturated carbocycles. The lowest BCUT2D eigenvalue weighted by molar-refractivity contribution is -0.175. The molecule has 0 unspecified atom stereocenters. The Kier molecular flexibility index (Phi) is 6.26. The number of pyridine rings is 1. The van der Waals surface area contributed by atoms with Gasteiger partial charge in [-0.3, -0.25) is 4.79 Å². The van der Waals surface area contributed by atoms with Crippen LogP contribution >= 0.6 is 15.9 Å². The molecular weight excluding hydrogens is 374 g/mol. The Balaban J connectivity index is 1.98. The van der Waals surface area contributed by atoms with Gasteiger partial charge in [0.25, 0.3) is 0 Å². The summed E-state index contributed by atoms with van der Waals surface area (Å²) in [5.41, 5.74) is -1.07. The summed E-state index contributed by atoms with van der Waals surface area (Å²) in [4.78, 5) is 16.9. The minimum absolute atomic E-state index is 0.0612. The van der Waals surface area contributed by atoms with Crippen LogP contribution in [0, 0.1) is 5.41 Å². The van der Waals surface area contributed by atoms with Gasteiger partial charge in [-0.1, -0.05) is 0 Å². The molecule has 24 heavy (non-hydrogen) atoms. The minimum atomic E-state index is -0.574. The van der Waals surface area contributed by atoms with E-state index in [0.717, 1.165) is 17.3 Å². The fourth-order valence-electron chi connectivity index (χ4n) is 2.93. The molecule has 1 aliphatic rings. The van der Waals surface area contributed by atoms with Crippen LogP contribution in [0.15, 0.2) is 22.8 Å². The number of rotatable bonds is 5. The van der Waals surface area contributed by atoms with Crippen LogP contribution in [0.2, 0.25) is 0 Å². The van der Waals surface area contributed by atoms with Crippen molar-refractivity contribution in [1.29, 1.82) is 0 Å². The molecule has 0 N–H and O–H groups in total. The number of hydrogen-bond donors (Lipinski definition) is 0. The van der Waals surface area contributed by atoms with Crippen molar-refractivity contribution in [3.63, 3.8) is 0 Å². The highest BCUT2D eigenvalue weighted by molar-refractivity contribution is 9.10. The summed E-state index contributed by atoms with van der Waals surface area (Å²) in [7, 11) is 1.63. The van der Waals surface area contributed by atoms with Gasteiger partial charge in [-0.25, -0.2) is 4.98 Å². The Labute approximate surface area is 152 Å². The molecule has 0 amide bonds. The summed E-state index contributed by atoms with van der Waals surface area (Å²) in [6.07, 6.45) is 4.72. The van der Waals surface area contributed by atoms with E-state index in [1.807, 2.05) is 32.9 Å². The van der Waals surface area contributed by atoms with Crippen LogP contribution in [-0.2, 0) is 14.3 Å². The van der Waals surface area contributed by atoms with Crippen LogP contribution in [0.25, 0.3) is 0 Å². The van der Waals surface area contributed by atoms with E-state index in [0.29, 0.717) is 25.3 Å². The molecule has 2 rings (SSSR count). The first kappa shape index (κ1) is 19.2. The first-order valence-corrected chi connectivity index (χ1v) is 9.04. The molecule has 0 bridgehead atoms. The lowest BCUT2D eigenvalue weighted by Crippen LogP contribution is -2.45.